The number of Topliss-reactive ketones (excluding diaryl/α,β-unsaturated/α-hetero) is 1. The number of aryl methyl sites for hydroxylation is 3. The number of anilines is 2. The minimum atomic E-state index is -0.477. The Morgan fingerprint density at radius 1 is 1.11 bits per heavy atom. The predicted molar refractivity (Wildman–Crippen MR) is 112 cm³/mol. The van der Waals surface area contributed by atoms with Crippen molar-refractivity contribution in [3.8, 4) is 0 Å². The smallest absolute Gasteiger partial charge is 0.273 e. The Hall–Kier alpha value is -2.78. The number of nitro groups is 1. The highest BCUT2D eigenvalue weighted by atomic mass is 32.2. The average molecular weight is 415 g/mol. The molecule has 0 aliphatic heterocycles. The Morgan fingerprint density at radius 2 is 1.86 bits per heavy atom. The molecule has 0 bridgehead atoms. The van der Waals surface area contributed by atoms with Crippen LogP contribution in [0.4, 0.5) is 16.5 Å². The zero-order valence-electron chi connectivity index (χ0n) is 15.6. The second-order valence-electron chi connectivity index (χ2n) is 6.27. The molecule has 9 heteroatoms. The molecule has 3 aromatic rings. The van der Waals surface area contributed by atoms with Gasteiger partial charge in [-0.25, -0.2) is 0 Å². The Kier molecular flexibility index (Phi) is 6.05. The Labute approximate surface area is 170 Å². The number of aromatic nitrogens is 2. The first-order valence-corrected chi connectivity index (χ1v) is 10.2. The number of ketones is 1. The van der Waals surface area contributed by atoms with E-state index in [9.17, 15) is 14.9 Å². The standard InChI is InChI=1S/C19H18N4O3S2/c1-11-5-7-15(8-13(11)3)20-18-21-22-19(28-18)27-10-17(24)14-6-4-12(2)16(9-14)23(25)26/h4-9H,10H2,1-3H3,(H,20,21). The summed E-state index contributed by atoms with van der Waals surface area (Å²) in [5.74, 6) is -0.0506. The summed E-state index contributed by atoms with van der Waals surface area (Å²) in [4.78, 5) is 22.9. The van der Waals surface area contributed by atoms with Gasteiger partial charge < -0.3 is 5.32 Å². The molecule has 0 fully saturated rings. The van der Waals surface area contributed by atoms with Gasteiger partial charge in [0.2, 0.25) is 5.13 Å². The Bertz CT molecular complexity index is 1050. The molecule has 144 valence electrons. The lowest BCUT2D eigenvalue weighted by molar-refractivity contribution is -0.385. The quantitative estimate of drug-likeness (QED) is 0.249. The van der Waals surface area contributed by atoms with Crippen LogP contribution in [-0.4, -0.2) is 26.7 Å². The van der Waals surface area contributed by atoms with Gasteiger partial charge >= 0.3 is 0 Å². The maximum absolute atomic E-state index is 12.4. The third-order valence-electron chi connectivity index (χ3n) is 4.22. The minimum Gasteiger partial charge on any atom is -0.330 e. The first kappa shape index (κ1) is 20.0. The number of carbonyl (C=O) groups excluding carboxylic acids is 1. The predicted octanol–water partition coefficient (Wildman–Crippen LogP) is 5.09. The number of nitrogens with zero attached hydrogens (tertiary/aromatic N) is 3. The number of hydrogen-bond donors (Lipinski definition) is 1. The van der Waals surface area contributed by atoms with Crippen LogP contribution >= 0.6 is 23.1 Å². The van der Waals surface area contributed by atoms with E-state index in [1.165, 1.54) is 40.3 Å². The van der Waals surface area contributed by atoms with Gasteiger partial charge in [-0.2, -0.15) is 0 Å². The highest BCUT2D eigenvalue weighted by Crippen LogP contribution is 2.29. The molecule has 0 spiro atoms. The molecular formula is C19H18N4O3S2. The van der Waals surface area contributed by atoms with Crippen LogP contribution in [0.5, 0.6) is 0 Å². The zero-order chi connectivity index (χ0) is 20.3. The second-order valence-corrected chi connectivity index (χ2v) is 8.47. The van der Waals surface area contributed by atoms with Crippen molar-refractivity contribution >= 4 is 45.4 Å². The van der Waals surface area contributed by atoms with Crippen LogP contribution in [-0.2, 0) is 0 Å². The van der Waals surface area contributed by atoms with Gasteiger partial charge in [0, 0.05) is 22.9 Å². The van der Waals surface area contributed by atoms with E-state index in [0.717, 1.165) is 5.69 Å². The molecule has 1 heterocycles. The molecule has 1 aromatic heterocycles. The van der Waals surface area contributed by atoms with Crippen LogP contribution in [0.3, 0.4) is 0 Å². The van der Waals surface area contributed by atoms with Crippen molar-refractivity contribution in [3.05, 3.63) is 68.8 Å². The average Bonchev–Trinajstić information content (AvgIpc) is 3.10. The summed E-state index contributed by atoms with van der Waals surface area (Å²) in [5, 5.41) is 23.1. The maximum atomic E-state index is 12.4. The maximum Gasteiger partial charge on any atom is 0.273 e. The topological polar surface area (TPSA) is 98.0 Å². The Morgan fingerprint density at radius 3 is 2.57 bits per heavy atom. The lowest BCUT2D eigenvalue weighted by Gasteiger charge is -2.05. The van der Waals surface area contributed by atoms with Crippen molar-refractivity contribution in [1.82, 2.24) is 10.2 Å². The fourth-order valence-corrected chi connectivity index (χ4v) is 4.12. The van der Waals surface area contributed by atoms with Crippen LogP contribution in [0.15, 0.2) is 40.7 Å². The summed E-state index contributed by atoms with van der Waals surface area (Å²) < 4.78 is 0.654. The number of nitro benzene ring substituents is 1. The van der Waals surface area contributed by atoms with Crippen molar-refractivity contribution in [2.75, 3.05) is 11.1 Å². The third kappa shape index (κ3) is 4.73. The molecule has 7 nitrogen and oxygen atoms in total. The van der Waals surface area contributed by atoms with Gasteiger partial charge in [-0.3, -0.25) is 14.9 Å². The highest BCUT2D eigenvalue weighted by molar-refractivity contribution is 8.01. The number of benzene rings is 2. The van der Waals surface area contributed by atoms with Crippen molar-refractivity contribution < 1.29 is 9.72 Å². The molecule has 28 heavy (non-hydrogen) atoms. The fraction of sp³-hybridized carbons (Fsp3) is 0.211. The number of hydrogen-bond acceptors (Lipinski definition) is 8. The SMILES string of the molecule is Cc1ccc(Nc2nnc(SCC(=O)c3ccc(C)c([N+](=O)[O-])c3)s2)cc1C. The molecule has 1 N–H and O–H groups in total. The summed E-state index contributed by atoms with van der Waals surface area (Å²) in [6.45, 7) is 5.74. The summed E-state index contributed by atoms with van der Waals surface area (Å²) in [5.41, 5.74) is 4.13. The van der Waals surface area contributed by atoms with Crippen LogP contribution < -0.4 is 5.32 Å². The van der Waals surface area contributed by atoms with Gasteiger partial charge in [-0.15, -0.1) is 10.2 Å². The number of nitrogens with one attached hydrogen (secondary N) is 1. The number of thioether (sulfide) groups is 1. The summed E-state index contributed by atoms with van der Waals surface area (Å²) >= 11 is 2.62. The fourth-order valence-electron chi connectivity index (χ4n) is 2.45. The van der Waals surface area contributed by atoms with Gasteiger partial charge in [-0.1, -0.05) is 41.3 Å². The van der Waals surface area contributed by atoms with E-state index < -0.39 is 4.92 Å². The Balaban J connectivity index is 1.62. The van der Waals surface area contributed by atoms with E-state index >= 15 is 0 Å². The number of rotatable bonds is 7. The lowest BCUT2D eigenvalue weighted by atomic mass is 10.1. The largest absolute Gasteiger partial charge is 0.330 e. The minimum absolute atomic E-state index is 0.0494. The lowest BCUT2D eigenvalue weighted by Crippen LogP contribution is -2.04. The van der Waals surface area contributed by atoms with E-state index in [1.807, 2.05) is 25.1 Å². The van der Waals surface area contributed by atoms with E-state index in [2.05, 4.69) is 22.4 Å². The molecule has 0 unspecified atom stereocenters. The second kappa shape index (κ2) is 8.49. The summed E-state index contributed by atoms with van der Waals surface area (Å²) in [6.07, 6.45) is 0. The third-order valence-corrected chi connectivity index (χ3v) is 6.19. The van der Waals surface area contributed by atoms with E-state index in [4.69, 9.17) is 0 Å². The highest BCUT2D eigenvalue weighted by Gasteiger charge is 2.16. The van der Waals surface area contributed by atoms with E-state index in [1.54, 1.807) is 19.1 Å². The van der Waals surface area contributed by atoms with Crippen molar-refractivity contribution in [2.45, 2.75) is 25.1 Å². The number of carbonyl (C=O) groups is 1. The first-order valence-electron chi connectivity index (χ1n) is 8.42. The van der Waals surface area contributed by atoms with Crippen LogP contribution in [0, 0.1) is 30.9 Å². The van der Waals surface area contributed by atoms with Crippen LogP contribution in [0.2, 0.25) is 0 Å². The molecule has 0 amide bonds. The molecule has 0 radical (unpaired) electrons. The van der Waals surface area contributed by atoms with Gasteiger partial charge in [0.25, 0.3) is 5.69 Å². The molecule has 0 aliphatic rings. The monoisotopic (exact) mass is 414 g/mol. The van der Waals surface area contributed by atoms with Gasteiger partial charge in [0.05, 0.1) is 10.7 Å². The normalized spacial score (nSPS) is 10.7. The van der Waals surface area contributed by atoms with E-state index in [-0.39, 0.29) is 17.2 Å². The van der Waals surface area contributed by atoms with Crippen molar-refractivity contribution in [1.29, 1.82) is 0 Å². The molecule has 0 aliphatic carbocycles. The van der Waals surface area contributed by atoms with Crippen LogP contribution in [0.25, 0.3) is 0 Å². The zero-order valence-corrected chi connectivity index (χ0v) is 17.2. The summed E-state index contributed by atoms with van der Waals surface area (Å²) in [7, 11) is 0. The molecule has 3 rings (SSSR count). The molecule has 2 aromatic carbocycles. The molecular weight excluding hydrogens is 396 g/mol. The van der Waals surface area contributed by atoms with E-state index in [0.29, 0.717) is 20.6 Å². The molecule has 0 saturated heterocycles. The van der Waals surface area contributed by atoms with Gasteiger partial charge in [0.15, 0.2) is 10.1 Å². The summed E-state index contributed by atoms with van der Waals surface area (Å²) in [6, 6.07) is 10.6. The van der Waals surface area contributed by atoms with Crippen molar-refractivity contribution in [3.63, 3.8) is 0 Å². The van der Waals surface area contributed by atoms with Gasteiger partial charge in [0.1, 0.15) is 0 Å². The first-order chi connectivity index (χ1) is 13.3. The molecule has 0 atom stereocenters. The van der Waals surface area contributed by atoms with Crippen LogP contribution in [0.1, 0.15) is 27.0 Å². The van der Waals surface area contributed by atoms with Gasteiger partial charge in [-0.05, 0) is 44.0 Å². The van der Waals surface area contributed by atoms with Crippen molar-refractivity contribution in [2.24, 2.45) is 0 Å². The molecule has 0 saturated carbocycles.